The van der Waals surface area contributed by atoms with Gasteiger partial charge in [-0.1, -0.05) is 22.9 Å². The van der Waals surface area contributed by atoms with Crippen LogP contribution in [0.2, 0.25) is 0 Å². The lowest BCUT2D eigenvalue weighted by atomic mass is 10.3. The normalized spacial score (nSPS) is 10.9. The number of nitrogens with one attached hydrogen (secondary N) is 2. The predicted octanol–water partition coefficient (Wildman–Crippen LogP) is 2.37. The highest BCUT2D eigenvalue weighted by atomic mass is 79.9. The predicted molar refractivity (Wildman–Crippen MR) is 88.1 cm³/mol. The number of carbonyl (C=O) groups is 2. The summed E-state index contributed by atoms with van der Waals surface area (Å²) in [5.41, 5.74) is 0.121. The van der Waals surface area contributed by atoms with E-state index in [2.05, 4.69) is 26.6 Å². The molecule has 0 heterocycles. The molecule has 0 aromatic heterocycles. The summed E-state index contributed by atoms with van der Waals surface area (Å²) >= 11 is 3.16. The van der Waals surface area contributed by atoms with Crippen LogP contribution < -0.4 is 10.6 Å². The van der Waals surface area contributed by atoms with E-state index in [4.69, 9.17) is 0 Å². The van der Waals surface area contributed by atoms with E-state index in [-0.39, 0.29) is 36.6 Å². The van der Waals surface area contributed by atoms with Gasteiger partial charge in [0.05, 0.1) is 18.8 Å². The Morgan fingerprint density at radius 2 is 1.91 bits per heavy atom. The van der Waals surface area contributed by atoms with Crippen molar-refractivity contribution in [2.75, 3.05) is 25.0 Å². The molecule has 0 fully saturated rings. The Bertz CT molecular complexity index is 538. The molecule has 5 nitrogen and oxygen atoms in total. The van der Waals surface area contributed by atoms with Crippen LogP contribution in [0.5, 0.6) is 0 Å². The van der Waals surface area contributed by atoms with Crippen molar-refractivity contribution in [3.8, 4) is 0 Å². The van der Waals surface area contributed by atoms with Gasteiger partial charge in [0.1, 0.15) is 5.82 Å². The van der Waals surface area contributed by atoms with Crippen molar-refractivity contribution in [2.24, 2.45) is 0 Å². The summed E-state index contributed by atoms with van der Waals surface area (Å²) in [6.45, 7) is 6.30. The fourth-order valence-corrected chi connectivity index (χ4v) is 2.17. The van der Waals surface area contributed by atoms with Crippen LogP contribution in [0.15, 0.2) is 22.7 Å². The molecule has 1 aromatic carbocycles. The maximum absolute atomic E-state index is 13.7. The summed E-state index contributed by atoms with van der Waals surface area (Å²) in [5.74, 6) is -1.01. The van der Waals surface area contributed by atoms with Crippen LogP contribution in [-0.4, -0.2) is 42.4 Å². The van der Waals surface area contributed by atoms with E-state index in [1.165, 1.54) is 12.1 Å². The largest absolute Gasteiger partial charge is 0.353 e. The zero-order valence-corrected chi connectivity index (χ0v) is 14.5. The Kier molecular flexibility index (Phi) is 7.47. The van der Waals surface area contributed by atoms with Gasteiger partial charge in [-0.05, 0) is 38.6 Å². The molecule has 2 N–H and O–H groups in total. The number of amides is 2. The number of nitrogens with zero attached hydrogens (tertiary/aromatic N) is 1. The zero-order valence-electron chi connectivity index (χ0n) is 13.0. The Morgan fingerprint density at radius 3 is 2.45 bits per heavy atom. The van der Waals surface area contributed by atoms with Crippen molar-refractivity contribution in [3.05, 3.63) is 28.5 Å². The first-order valence-electron chi connectivity index (χ1n) is 7.08. The standard InChI is InChI=1S/C15H21BrFN3O2/c1-4-20(8-14(21)18-10(2)3)9-15(22)19-13-6-5-11(16)7-12(13)17/h5-7,10H,4,8-9H2,1-3H3,(H,18,21)(H,19,22). The van der Waals surface area contributed by atoms with Gasteiger partial charge in [-0.2, -0.15) is 0 Å². The molecule has 0 aliphatic heterocycles. The third-order valence-corrected chi connectivity index (χ3v) is 3.33. The molecule has 7 heteroatoms. The Hall–Kier alpha value is -1.47. The fourth-order valence-electron chi connectivity index (χ4n) is 1.83. The highest BCUT2D eigenvalue weighted by molar-refractivity contribution is 9.10. The molecule has 0 spiro atoms. The maximum atomic E-state index is 13.7. The number of likely N-dealkylation sites (N-methyl/N-ethyl adjacent to an activating group) is 1. The molecule has 0 saturated heterocycles. The lowest BCUT2D eigenvalue weighted by Crippen LogP contribution is -2.42. The number of rotatable bonds is 7. The quantitative estimate of drug-likeness (QED) is 0.771. The second-order valence-corrected chi connectivity index (χ2v) is 6.11. The molecule has 0 atom stereocenters. The van der Waals surface area contributed by atoms with E-state index < -0.39 is 5.82 Å². The number of hydrogen-bond donors (Lipinski definition) is 2. The van der Waals surface area contributed by atoms with Gasteiger partial charge in [0, 0.05) is 10.5 Å². The van der Waals surface area contributed by atoms with Gasteiger partial charge in [-0.3, -0.25) is 14.5 Å². The van der Waals surface area contributed by atoms with Crippen LogP contribution >= 0.6 is 15.9 Å². The molecule has 0 unspecified atom stereocenters. The average Bonchev–Trinajstić information content (AvgIpc) is 2.40. The Morgan fingerprint density at radius 1 is 1.27 bits per heavy atom. The van der Waals surface area contributed by atoms with Crippen LogP contribution in [0.25, 0.3) is 0 Å². The minimum absolute atomic E-state index is 0.0253. The first-order valence-corrected chi connectivity index (χ1v) is 7.87. The summed E-state index contributed by atoms with van der Waals surface area (Å²) in [4.78, 5) is 25.3. The summed E-state index contributed by atoms with van der Waals surface area (Å²) in [6, 6.07) is 4.46. The van der Waals surface area contributed by atoms with E-state index in [0.29, 0.717) is 11.0 Å². The molecule has 22 heavy (non-hydrogen) atoms. The van der Waals surface area contributed by atoms with Crippen LogP contribution in [0.4, 0.5) is 10.1 Å². The molecule has 0 bridgehead atoms. The number of anilines is 1. The second kappa shape index (κ2) is 8.85. The molecule has 1 aromatic rings. The fraction of sp³-hybridized carbons (Fsp3) is 0.467. The molecule has 2 amide bonds. The molecule has 0 aliphatic rings. The molecular formula is C15H21BrFN3O2. The van der Waals surface area contributed by atoms with Gasteiger partial charge >= 0.3 is 0 Å². The highest BCUT2D eigenvalue weighted by Crippen LogP contribution is 2.19. The third kappa shape index (κ3) is 6.53. The van der Waals surface area contributed by atoms with Crippen LogP contribution in [0.3, 0.4) is 0 Å². The Balaban J connectivity index is 2.56. The van der Waals surface area contributed by atoms with E-state index in [0.717, 1.165) is 0 Å². The number of hydrogen-bond acceptors (Lipinski definition) is 3. The van der Waals surface area contributed by atoms with Crippen molar-refractivity contribution in [1.29, 1.82) is 0 Å². The van der Waals surface area contributed by atoms with Crippen molar-refractivity contribution < 1.29 is 14.0 Å². The summed E-state index contributed by atoms with van der Waals surface area (Å²) in [7, 11) is 0. The first-order chi connectivity index (χ1) is 10.3. The van der Waals surface area contributed by atoms with Crippen molar-refractivity contribution in [2.45, 2.75) is 26.8 Å². The van der Waals surface area contributed by atoms with Crippen molar-refractivity contribution in [3.63, 3.8) is 0 Å². The molecule has 0 saturated carbocycles. The number of benzene rings is 1. The van der Waals surface area contributed by atoms with E-state index in [1.807, 2.05) is 20.8 Å². The summed E-state index contributed by atoms with van der Waals surface area (Å²) in [6.07, 6.45) is 0. The van der Waals surface area contributed by atoms with Gasteiger partial charge in [0.25, 0.3) is 0 Å². The number of carbonyl (C=O) groups excluding carboxylic acids is 2. The van der Waals surface area contributed by atoms with Crippen molar-refractivity contribution in [1.82, 2.24) is 10.2 Å². The molecular weight excluding hydrogens is 353 g/mol. The van der Waals surface area contributed by atoms with Crippen molar-refractivity contribution >= 4 is 33.4 Å². The molecule has 0 aliphatic carbocycles. The molecule has 1 rings (SSSR count). The second-order valence-electron chi connectivity index (χ2n) is 5.20. The lowest BCUT2D eigenvalue weighted by Gasteiger charge is -2.20. The maximum Gasteiger partial charge on any atom is 0.238 e. The number of halogens is 2. The van der Waals surface area contributed by atoms with Gasteiger partial charge in [0.2, 0.25) is 11.8 Å². The van der Waals surface area contributed by atoms with E-state index in [9.17, 15) is 14.0 Å². The minimum Gasteiger partial charge on any atom is -0.353 e. The van der Waals surface area contributed by atoms with Gasteiger partial charge < -0.3 is 10.6 Å². The monoisotopic (exact) mass is 373 g/mol. The molecule has 0 radical (unpaired) electrons. The smallest absolute Gasteiger partial charge is 0.238 e. The average molecular weight is 374 g/mol. The lowest BCUT2D eigenvalue weighted by molar-refractivity contribution is -0.123. The highest BCUT2D eigenvalue weighted by Gasteiger charge is 2.15. The third-order valence-electron chi connectivity index (χ3n) is 2.84. The van der Waals surface area contributed by atoms with Gasteiger partial charge in [0.15, 0.2) is 0 Å². The van der Waals surface area contributed by atoms with E-state index >= 15 is 0 Å². The first kappa shape index (κ1) is 18.6. The van der Waals surface area contributed by atoms with Gasteiger partial charge in [-0.25, -0.2) is 4.39 Å². The SMILES string of the molecule is CCN(CC(=O)Nc1ccc(Br)cc1F)CC(=O)NC(C)C. The summed E-state index contributed by atoms with van der Waals surface area (Å²) in [5, 5.41) is 5.28. The van der Waals surface area contributed by atoms with Crippen LogP contribution in [-0.2, 0) is 9.59 Å². The molecule has 122 valence electrons. The topological polar surface area (TPSA) is 61.4 Å². The Labute approximate surface area is 138 Å². The minimum atomic E-state index is -0.511. The van der Waals surface area contributed by atoms with Crippen LogP contribution in [0.1, 0.15) is 20.8 Å². The van der Waals surface area contributed by atoms with E-state index in [1.54, 1.807) is 11.0 Å². The summed E-state index contributed by atoms with van der Waals surface area (Å²) < 4.78 is 14.3. The van der Waals surface area contributed by atoms with Gasteiger partial charge in [-0.15, -0.1) is 0 Å². The van der Waals surface area contributed by atoms with Crippen LogP contribution in [0, 0.1) is 5.82 Å². The zero-order chi connectivity index (χ0) is 16.7.